The van der Waals surface area contributed by atoms with Gasteiger partial charge in [-0.3, -0.25) is 4.79 Å². The van der Waals surface area contributed by atoms with Gasteiger partial charge in [0, 0.05) is 13.1 Å². The molecule has 0 fully saturated rings. The molecule has 0 saturated heterocycles. The Labute approximate surface area is 108 Å². The quantitative estimate of drug-likeness (QED) is 0.760. The molecule has 1 aromatic rings. The average Bonchev–Trinajstić information content (AvgIpc) is 2.40. The van der Waals surface area contributed by atoms with Crippen LogP contribution in [-0.2, 0) is 4.79 Å². The lowest BCUT2D eigenvalue weighted by Gasteiger charge is -2.26. The highest BCUT2D eigenvalue weighted by Gasteiger charge is 2.23. The van der Waals surface area contributed by atoms with Crippen LogP contribution in [0.25, 0.3) is 0 Å². The van der Waals surface area contributed by atoms with Crippen molar-refractivity contribution < 1.29 is 15.0 Å². The second-order valence-corrected chi connectivity index (χ2v) is 4.14. The zero-order valence-electron chi connectivity index (χ0n) is 10.7. The molecule has 0 saturated carbocycles. The van der Waals surface area contributed by atoms with Gasteiger partial charge in [-0.2, -0.15) is 0 Å². The third-order valence-electron chi connectivity index (χ3n) is 2.96. The number of hydrogen-bond donors (Lipinski definition) is 2. The lowest BCUT2D eigenvalue weighted by Crippen LogP contribution is -2.39. The Bertz CT molecular complexity index is 347. The fraction of sp³-hybridized carbons (Fsp3) is 0.500. The number of hydrogen-bond acceptors (Lipinski definition) is 3. The summed E-state index contributed by atoms with van der Waals surface area (Å²) in [6, 6.07) is 9.60. The van der Waals surface area contributed by atoms with Gasteiger partial charge >= 0.3 is 0 Å². The molecule has 0 spiro atoms. The molecule has 0 aliphatic heterocycles. The van der Waals surface area contributed by atoms with Crippen LogP contribution in [0.5, 0.6) is 0 Å². The molecular weight excluding hydrogens is 230 g/mol. The summed E-state index contributed by atoms with van der Waals surface area (Å²) in [6.07, 6.45) is 0.705. The standard InChI is InChI=1S/C14H21NO3/c1-2-13(12-6-4-3-5-7-12)14(18)15(8-10-16)9-11-17/h3-7,13,16-17H,2,8-11H2,1H3. The van der Waals surface area contributed by atoms with Crippen molar-refractivity contribution >= 4 is 5.91 Å². The molecule has 18 heavy (non-hydrogen) atoms. The lowest BCUT2D eigenvalue weighted by molar-refractivity contribution is -0.134. The summed E-state index contributed by atoms with van der Waals surface area (Å²) >= 11 is 0. The first-order valence-electron chi connectivity index (χ1n) is 6.30. The first-order chi connectivity index (χ1) is 8.74. The van der Waals surface area contributed by atoms with Crippen LogP contribution >= 0.6 is 0 Å². The molecule has 0 bridgehead atoms. The number of carbonyl (C=O) groups is 1. The van der Waals surface area contributed by atoms with Gasteiger partial charge in [0.2, 0.25) is 5.91 Å². The number of nitrogens with zero attached hydrogens (tertiary/aromatic N) is 1. The van der Waals surface area contributed by atoms with E-state index in [1.165, 1.54) is 4.90 Å². The van der Waals surface area contributed by atoms with E-state index in [4.69, 9.17) is 10.2 Å². The monoisotopic (exact) mass is 251 g/mol. The van der Waals surface area contributed by atoms with E-state index in [0.29, 0.717) is 6.42 Å². The summed E-state index contributed by atoms with van der Waals surface area (Å²) in [5, 5.41) is 17.9. The van der Waals surface area contributed by atoms with E-state index >= 15 is 0 Å². The maximum absolute atomic E-state index is 12.4. The molecule has 0 radical (unpaired) electrons. The predicted molar refractivity (Wildman–Crippen MR) is 70.2 cm³/mol. The van der Waals surface area contributed by atoms with E-state index in [1.807, 2.05) is 37.3 Å². The summed E-state index contributed by atoms with van der Waals surface area (Å²) in [7, 11) is 0. The van der Waals surface area contributed by atoms with Crippen LogP contribution in [0.4, 0.5) is 0 Å². The fourth-order valence-electron chi connectivity index (χ4n) is 2.03. The Morgan fingerprint density at radius 2 is 1.72 bits per heavy atom. The Balaban J connectivity index is 2.83. The van der Waals surface area contributed by atoms with Gasteiger partial charge in [0.25, 0.3) is 0 Å². The summed E-state index contributed by atoms with van der Waals surface area (Å²) in [6.45, 7) is 2.32. The Hall–Kier alpha value is -1.39. The van der Waals surface area contributed by atoms with Crippen LogP contribution in [0.15, 0.2) is 30.3 Å². The van der Waals surface area contributed by atoms with Crippen molar-refractivity contribution in [1.82, 2.24) is 4.90 Å². The van der Waals surface area contributed by atoms with Crippen LogP contribution in [-0.4, -0.2) is 47.3 Å². The molecule has 1 atom stereocenters. The molecule has 1 rings (SSSR count). The number of rotatable bonds is 7. The molecule has 4 nitrogen and oxygen atoms in total. The van der Waals surface area contributed by atoms with Gasteiger partial charge < -0.3 is 15.1 Å². The normalized spacial score (nSPS) is 12.2. The highest BCUT2D eigenvalue weighted by atomic mass is 16.3. The van der Waals surface area contributed by atoms with E-state index in [-0.39, 0.29) is 38.1 Å². The van der Waals surface area contributed by atoms with Crippen molar-refractivity contribution in [2.45, 2.75) is 19.3 Å². The van der Waals surface area contributed by atoms with E-state index < -0.39 is 0 Å². The predicted octanol–water partition coefficient (Wildman–Crippen LogP) is 0.993. The summed E-state index contributed by atoms with van der Waals surface area (Å²) in [5.74, 6) is -0.240. The average molecular weight is 251 g/mol. The Morgan fingerprint density at radius 1 is 1.17 bits per heavy atom. The van der Waals surface area contributed by atoms with Gasteiger partial charge in [-0.15, -0.1) is 0 Å². The number of benzene rings is 1. The maximum Gasteiger partial charge on any atom is 0.230 e. The molecule has 1 amide bonds. The molecule has 1 aromatic carbocycles. The van der Waals surface area contributed by atoms with Gasteiger partial charge in [-0.1, -0.05) is 37.3 Å². The molecule has 1 unspecified atom stereocenters. The van der Waals surface area contributed by atoms with Crippen LogP contribution in [0, 0.1) is 0 Å². The number of aliphatic hydroxyl groups is 2. The topological polar surface area (TPSA) is 60.8 Å². The zero-order valence-corrected chi connectivity index (χ0v) is 10.7. The Morgan fingerprint density at radius 3 is 2.17 bits per heavy atom. The second-order valence-electron chi connectivity index (χ2n) is 4.14. The van der Waals surface area contributed by atoms with Crippen molar-refractivity contribution in [2.75, 3.05) is 26.3 Å². The van der Waals surface area contributed by atoms with Gasteiger partial charge in [0.1, 0.15) is 0 Å². The fourth-order valence-corrected chi connectivity index (χ4v) is 2.03. The highest BCUT2D eigenvalue weighted by Crippen LogP contribution is 2.21. The first-order valence-corrected chi connectivity index (χ1v) is 6.30. The second kappa shape index (κ2) is 7.84. The maximum atomic E-state index is 12.4. The van der Waals surface area contributed by atoms with Gasteiger partial charge in [-0.05, 0) is 12.0 Å². The number of amides is 1. The molecule has 0 heterocycles. The van der Waals surface area contributed by atoms with E-state index in [2.05, 4.69) is 0 Å². The molecule has 0 aromatic heterocycles. The highest BCUT2D eigenvalue weighted by molar-refractivity contribution is 5.83. The lowest BCUT2D eigenvalue weighted by atomic mass is 9.95. The molecule has 2 N–H and O–H groups in total. The SMILES string of the molecule is CCC(C(=O)N(CCO)CCO)c1ccccc1. The van der Waals surface area contributed by atoms with Crippen molar-refractivity contribution in [3.05, 3.63) is 35.9 Å². The van der Waals surface area contributed by atoms with E-state index in [1.54, 1.807) is 0 Å². The minimum Gasteiger partial charge on any atom is -0.395 e. The summed E-state index contributed by atoms with van der Waals surface area (Å²) in [5.41, 5.74) is 0.978. The van der Waals surface area contributed by atoms with Crippen molar-refractivity contribution in [2.24, 2.45) is 0 Å². The summed E-state index contributed by atoms with van der Waals surface area (Å²) in [4.78, 5) is 13.9. The summed E-state index contributed by atoms with van der Waals surface area (Å²) < 4.78 is 0. The van der Waals surface area contributed by atoms with Crippen LogP contribution in [0.2, 0.25) is 0 Å². The van der Waals surface area contributed by atoms with Crippen molar-refractivity contribution in [1.29, 1.82) is 0 Å². The number of carbonyl (C=O) groups excluding carboxylic acids is 1. The van der Waals surface area contributed by atoms with Crippen LogP contribution < -0.4 is 0 Å². The van der Waals surface area contributed by atoms with Crippen LogP contribution in [0.1, 0.15) is 24.8 Å². The minimum absolute atomic E-state index is 0.0354. The van der Waals surface area contributed by atoms with Gasteiger partial charge in [0.15, 0.2) is 0 Å². The molecule has 0 aliphatic carbocycles. The molecule has 4 heteroatoms. The Kier molecular flexibility index (Phi) is 6.39. The third kappa shape index (κ3) is 3.82. The largest absolute Gasteiger partial charge is 0.395 e. The number of aliphatic hydroxyl groups excluding tert-OH is 2. The first kappa shape index (κ1) is 14.7. The van der Waals surface area contributed by atoms with Gasteiger partial charge in [0.05, 0.1) is 19.1 Å². The zero-order chi connectivity index (χ0) is 13.4. The smallest absolute Gasteiger partial charge is 0.230 e. The van der Waals surface area contributed by atoms with E-state index in [0.717, 1.165) is 5.56 Å². The van der Waals surface area contributed by atoms with Crippen LogP contribution in [0.3, 0.4) is 0 Å². The van der Waals surface area contributed by atoms with Gasteiger partial charge in [-0.25, -0.2) is 0 Å². The third-order valence-corrected chi connectivity index (χ3v) is 2.96. The van der Waals surface area contributed by atoms with Crippen molar-refractivity contribution in [3.63, 3.8) is 0 Å². The molecule has 100 valence electrons. The minimum atomic E-state index is -0.204. The molecule has 0 aliphatic rings. The van der Waals surface area contributed by atoms with Crippen molar-refractivity contribution in [3.8, 4) is 0 Å². The van der Waals surface area contributed by atoms with E-state index in [9.17, 15) is 4.79 Å². The molecular formula is C14H21NO3.